The number of benzene rings is 2. The number of urea groups is 1. The van der Waals surface area contributed by atoms with Crippen LogP contribution in [0.4, 0.5) is 9.18 Å². The van der Waals surface area contributed by atoms with Gasteiger partial charge in [-0.3, -0.25) is 14.5 Å². The number of imide groups is 1. The summed E-state index contributed by atoms with van der Waals surface area (Å²) in [5.41, 5.74) is -0.717. The van der Waals surface area contributed by atoms with E-state index in [-0.39, 0.29) is 17.1 Å². The summed E-state index contributed by atoms with van der Waals surface area (Å²) in [7, 11) is 1.45. The molecule has 2 aliphatic heterocycles. The highest BCUT2D eigenvalue weighted by Gasteiger charge is 2.50. The van der Waals surface area contributed by atoms with E-state index in [4.69, 9.17) is 21.1 Å². The van der Waals surface area contributed by atoms with Gasteiger partial charge in [0.15, 0.2) is 11.5 Å². The highest BCUT2D eigenvalue weighted by molar-refractivity contribution is 6.31. The minimum atomic E-state index is -1.37. The van der Waals surface area contributed by atoms with Crippen molar-refractivity contribution < 1.29 is 28.2 Å². The SMILES string of the molecule is CN(Cc1c(F)cccc1Cl)C(=O)CN1C(=O)NC(C)(c2ccc3c(c2)OCCO3)C1=O. The molecule has 0 aromatic heterocycles. The first-order valence-electron chi connectivity index (χ1n) is 9.92. The molecule has 0 aliphatic carbocycles. The van der Waals surface area contributed by atoms with Gasteiger partial charge in [-0.25, -0.2) is 9.18 Å². The van der Waals surface area contributed by atoms with Gasteiger partial charge < -0.3 is 19.7 Å². The molecule has 0 saturated carbocycles. The molecule has 0 spiro atoms. The van der Waals surface area contributed by atoms with E-state index in [0.29, 0.717) is 30.3 Å². The number of rotatable bonds is 5. The van der Waals surface area contributed by atoms with Crippen molar-refractivity contribution in [2.24, 2.45) is 0 Å². The molecule has 4 rings (SSSR count). The van der Waals surface area contributed by atoms with Gasteiger partial charge in [0.1, 0.15) is 31.1 Å². The molecule has 2 aliphatic rings. The van der Waals surface area contributed by atoms with Crippen molar-refractivity contribution in [1.82, 2.24) is 15.1 Å². The van der Waals surface area contributed by atoms with Crippen LogP contribution >= 0.6 is 11.6 Å². The fraction of sp³-hybridized carbons (Fsp3) is 0.318. The van der Waals surface area contributed by atoms with Crippen LogP contribution in [-0.2, 0) is 21.7 Å². The smallest absolute Gasteiger partial charge is 0.325 e. The third-order valence-electron chi connectivity index (χ3n) is 5.57. The number of ether oxygens (including phenoxy) is 2. The molecule has 1 N–H and O–H groups in total. The van der Waals surface area contributed by atoms with Crippen molar-refractivity contribution in [3.63, 3.8) is 0 Å². The first-order chi connectivity index (χ1) is 15.2. The monoisotopic (exact) mass is 461 g/mol. The van der Waals surface area contributed by atoms with Crippen LogP contribution in [0.3, 0.4) is 0 Å². The van der Waals surface area contributed by atoms with Crippen molar-refractivity contribution in [2.45, 2.75) is 19.0 Å². The van der Waals surface area contributed by atoms with Crippen molar-refractivity contribution in [3.05, 3.63) is 58.4 Å². The second-order valence-electron chi connectivity index (χ2n) is 7.75. The van der Waals surface area contributed by atoms with Crippen LogP contribution in [-0.4, -0.2) is 54.5 Å². The Morgan fingerprint density at radius 1 is 1.22 bits per heavy atom. The molecule has 10 heteroatoms. The second kappa shape index (κ2) is 8.31. The summed E-state index contributed by atoms with van der Waals surface area (Å²) in [5, 5.41) is 2.84. The lowest BCUT2D eigenvalue weighted by Gasteiger charge is -2.25. The fourth-order valence-electron chi connectivity index (χ4n) is 3.66. The van der Waals surface area contributed by atoms with Crippen molar-refractivity contribution >= 4 is 29.4 Å². The Morgan fingerprint density at radius 2 is 1.94 bits per heavy atom. The number of likely N-dealkylation sites (N-methyl/N-ethyl adjacent to an activating group) is 1. The van der Waals surface area contributed by atoms with Crippen LogP contribution in [0.1, 0.15) is 18.1 Å². The summed E-state index contributed by atoms with van der Waals surface area (Å²) in [4.78, 5) is 40.5. The summed E-state index contributed by atoms with van der Waals surface area (Å²) in [6, 6.07) is 8.53. The third kappa shape index (κ3) is 3.84. The summed E-state index contributed by atoms with van der Waals surface area (Å²) in [6.07, 6.45) is 0. The molecule has 2 aromatic rings. The van der Waals surface area contributed by atoms with Crippen LogP contribution in [0, 0.1) is 5.82 Å². The van der Waals surface area contributed by atoms with E-state index in [1.807, 2.05) is 0 Å². The molecule has 4 amide bonds. The zero-order chi connectivity index (χ0) is 23.0. The molecule has 168 valence electrons. The molecule has 1 atom stereocenters. The number of amides is 4. The molecule has 2 aromatic carbocycles. The molecule has 1 saturated heterocycles. The van der Waals surface area contributed by atoms with Crippen LogP contribution < -0.4 is 14.8 Å². The number of halogens is 2. The normalized spacial score (nSPS) is 19.7. The van der Waals surface area contributed by atoms with Gasteiger partial charge in [-0.05, 0) is 36.8 Å². The predicted molar refractivity (Wildman–Crippen MR) is 113 cm³/mol. The quantitative estimate of drug-likeness (QED) is 0.692. The minimum Gasteiger partial charge on any atom is -0.486 e. The van der Waals surface area contributed by atoms with Crippen LogP contribution in [0.25, 0.3) is 0 Å². The van der Waals surface area contributed by atoms with E-state index >= 15 is 0 Å². The number of fused-ring (bicyclic) bond motifs is 1. The molecular formula is C22H21ClFN3O5. The van der Waals surface area contributed by atoms with E-state index in [1.54, 1.807) is 25.1 Å². The van der Waals surface area contributed by atoms with Gasteiger partial charge in [0.25, 0.3) is 5.91 Å². The van der Waals surface area contributed by atoms with Gasteiger partial charge >= 0.3 is 6.03 Å². The Morgan fingerprint density at radius 3 is 2.66 bits per heavy atom. The minimum absolute atomic E-state index is 0.104. The number of carbonyl (C=O) groups is 3. The Balaban J connectivity index is 1.49. The highest BCUT2D eigenvalue weighted by atomic mass is 35.5. The summed E-state index contributed by atoms with van der Waals surface area (Å²) < 4.78 is 25.1. The van der Waals surface area contributed by atoms with Gasteiger partial charge in [-0.2, -0.15) is 0 Å². The number of hydrogen-bond acceptors (Lipinski definition) is 5. The van der Waals surface area contributed by atoms with Crippen molar-refractivity contribution in [1.29, 1.82) is 0 Å². The largest absolute Gasteiger partial charge is 0.486 e. The van der Waals surface area contributed by atoms with Gasteiger partial charge in [-0.15, -0.1) is 0 Å². The van der Waals surface area contributed by atoms with E-state index < -0.39 is 35.7 Å². The zero-order valence-corrected chi connectivity index (χ0v) is 18.2. The summed E-state index contributed by atoms with van der Waals surface area (Å²) in [5.74, 6) is -0.628. The Kier molecular flexibility index (Phi) is 5.68. The molecule has 2 heterocycles. The first-order valence-corrected chi connectivity index (χ1v) is 10.3. The molecule has 32 heavy (non-hydrogen) atoms. The number of hydrogen-bond donors (Lipinski definition) is 1. The summed E-state index contributed by atoms with van der Waals surface area (Å²) >= 11 is 6.02. The molecule has 8 nitrogen and oxygen atoms in total. The molecule has 1 unspecified atom stereocenters. The van der Waals surface area contributed by atoms with Crippen LogP contribution in [0.15, 0.2) is 36.4 Å². The van der Waals surface area contributed by atoms with Gasteiger partial charge in [0.05, 0.1) is 0 Å². The Bertz CT molecular complexity index is 1090. The van der Waals surface area contributed by atoms with Crippen molar-refractivity contribution in [2.75, 3.05) is 26.8 Å². The third-order valence-corrected chi connectivity index (χ3v) is 5.92. The molecular weight excluding hydrogens is 441 g/mol. The van der Waals surface area contributed by atoms with Crippen LogP contribution in [0.2, 0.25) is 5.02 Å². The predicted octanol–water partition coefficient (Wildman–Crippen LogP) is 2.68. The fourth-order valence-corrected chi connectivity index (χ4v) is 3.88. The van der Waals surface area contributed by atoms with Gasteiger partial charge in [-0.1, -0.05) is 23.7 Å². The Labute approximate surface area is 188 Å². The number of carbonyl (C=O) groups excluding carboxylic acids is 3. The number of nitrogens with zero attached hydrogens (tertiary/aromatic N) is 2. The van der Waals surface area contributed by atoms with Crippen molar-refractivity contribution in [3.8, 4) is 11.5 Å². The number of nitrogens with one attached hydrogen (secondary N) is 1. The lowest BCUT2D eigenvalue weighted by Crippen LogP contribution is -2.43. The standard InChI is InChI=1S/C22H21ClFN3O5/c1-22(13-6-7-17-18(10-13)32-9-8-31-17)20(29)27(21(30)25-22)12-19(28)26(2)11-14-15(23)4-3-5-16(14)24/h3-7,10H,8-9,11-12H2,1-2H3,(H,25,30). The Hall–Kier alpha value is -3.33. The van der Waals surface area contributed by atoms with Gasteiger partial charge in [0, 0.05) is 24.2 Å². The van der Waals surface area contributed by atoms with Crippen LogP contribution in [0.5, 0.6) is 11.5 Å². The molecule has 0 bridgehead atoms. The highest BCUT2D eigenvalue weighted by Crippen LogP contribution is 2.36. The average Bonchev–Trinajstić information content (AvgIpc) is 2.99. The van der Waals surface area contributed by atoms with Gasteiger partial charge in [0.2, 0.25) is 5.91 Å². The lowest BCUT2D eigenvalue weighted by atomic mass is 9.91. The second-order valence-corrected chi connectivity index (χ2v) is 8.16. The van der Waals surface area contributed by atoms with E-state index in [9.17, 15) is 18.8 Å². The molecule has 0 radical (unpaired) electrons. The summed E-state index contributed by atoms with van der Waals surface area (Å²) in [6.45, 7) is 1.78. The van der Waals surface area contributed by atoms with E-state index in [2.05, 4.69) is 5.32 Å². The van der Waals surface area contributed by atoms with E-state index in [0.717, 1.165) is 4.90 Å². The zero-order valence-electron chi connectivity index (χ0n) is 17.5. The maximum Gasteiger partial charge on any atom is 0.325 e. The topological polar surface area (TPSA) is 88.2 Å². The maximum atomic E-state index is 14.0. The molecule has 1 fully saturated rings. The lowest BCUT2D eigenvalue weighted by molar-refractivity contribution is -0.138. The first kappa shape index (κ1) is 21.9. The van der Waals surface area contributed by atoms with E-state index in [1.165, 1.54) is 30.1 Å². The average molecular weight is 462 g/mol. The maximum absolute atomic E-state index is 14.0.